The van der Waals surface area contributed by atoms with Crippen molar-refractivity contribution in [3.05, 3.63) is 11.9 Å². The lowest BCUT2D eigenvalue weighted by molar-refractivity contribution is 0.0518. The molecule has 0 aromatic carbocycles. The van der Waals surface area contributed by atoms with Crippen LogP contribution in [0, 0.1) is 0 Å². The molecule has 17 heavy (non-hydrogen) atoms. The van der Waals surface area contributed by atoms with Crippen LogP contribution in [-0.2, 0) is 4.74 Å². The summed E-state index contributed by atoms with van der Waals surface area (Å²) < 4.78 is 10.6. The Labute approximate surface area is 98.3 Å². The summed E-state index contributed by atoms with van der Waals surface area (Å²) in [6.45, 7) is 4.54. The number of aromatic amines is 1. The summed E-state index contributed by atoms with van der Waals surface area (Å²) >= 11 is 0. The molecule has 3 N–H and O–H groups in total. The molecular formula is C10H15N5O2. The average molecular weight is 237 g/mol. The Bertz CT molecular complexity index is 479. The second kappa shape index (κ2) is 4.96. The summed E-state index contributed by atoms with van der Waals surface area (Å²) in [6.07, 6.45) is 0.649. The third kappa shape index (κ3) is 2.44. The number of hydrogen-bond donors (Lipinski definition) is 2. The van der Waals surface area contributed by atoms with E-state index in [9.17, 15) is 0 Å². The topological polar surface area (TPSA) is 103 Å². The molecule has 0 radical (unpaired) electrons. The van der Waals surface area contributed by atoms with E-state index in [1.807, 2.05) is 13.8 Å². The molecule has 92 valence electrons. The average Bonchev–Trinajstić information content (AvgIpc) is 2.94. The molecular weight excluding hydrogens is 222 g/mol. The molecule has 0 aliphatic rings. The Morgan fingerprint density at radius 1 is 1.53 bits per heavy atom. The van der Waals surface area contributed by atoms with Crippen molar-refractivity contribution in [1.29, 1.82) is 0 Å². The van der Waals surface area contributed by atoms with E-state index < -0.39 is 0 Å². The first kappa shape index (κ1) is 11.6. The third-order valence-corrected chi connectivity index (χ3v) is 2.30. The van der Waals surface area contributed by atoms with Crippen LogP contribution in [0.25, 0.3) is 11.6 Å². The van der Waals surface area contributed by atoms with Gasteiger partial charge in [-0.2, -0.15) is 10.1 Å². The van der Waals surface area contributed by atoms with Crippen molar-refractivity contribution >= 4 is 5.82 Å². The van der Waals surface area contributed by atoms with E-state index >= 15 is 0 Å². The van der Waals surface area contributed by atoms with Crippen LogP contribution in [0.15, 0.2) is 10.6 Å². The predicted octanol–water partition coefficient (Wildman–Crippen LogP) is 1.53. The van der Waals surface area contributed by atoms with Crippen molar-refractivity contribution < 1.29 is 9.26 Å². The van der Waals surface area contributed by atoms with Crippen LogP contribution in [0.4, 0.5) is 5.82 Å². The van der Waals surface area contributed by atoms with E-state index in [-0.39, 0.29) is 6.10 Å². The van der Waals surface area contributed by atoms with E-state index in [2.05, 4.69) is 20.3 Å². The second-order valence-electron chi connectivity index (χ2n) is 3.52. The first-order valence-corrected chi connectivity index (χ1v) is 5.51. The van der Waals surface area contributed by atoms with Crippen LogP contribution >= 0.6 is 0 Å². The molecule has 2 heterocycles. The van der Waals surface area contributed by atoms with Gasteiger partial charge >= 0.3 is 0 Å². The Balaban J connectivity index is 2.20. The van der Waals surface area contributed by atoms with Crippen molar-refractivity contribution in [3.8, 4) is 11.6 Å². The van der Waals surface area contributed by atoms with Crippen LogP contribution in [0.1, 0.15) is 32.2 Å². The number of aromatic nitrogens is 4. The van der Waals surface area contributed by atoms with Crippen LogP contribution in [0.3, 0.4) is 0 Å². The molecule has 2 aromatic heterocycles. The van der Waals surface area contributed by atoms with Gasteiger partial charge < -0.3 is 15.0 Å². The van der Waals surface area contributed by atoms with E-state index in [1.54, 1.807) is 6.07 Å². The molecule has 0 saturated heterocycles. The van der Waals surface area contributed by atoms with Crippen LogP contribution in [0.5, 0.6) is 0 Å². The van der Waals surface area contributed by atoms with Gasteiger partial charge in [-0.25, -0.2) is 0 Å². The van der Waals surface area contributed by atoms with Gasteiger partial charge in [-0.3, -0.25) is 5.10 Å². The monoisotopic (exact) mass is 237 g/mol. The molecule has 7 heteroatoms. The minimum Gasteiger partial charge on any atom is -0.382 e. The van der Waals surface area contributed by atoms with Gasteiger partial charge in [-0.15, -0.1) is 0 Å². The fourth-order valence-electron chi connectivity index (χ4n) is 1.50. The first-order chi connectivity index (χ1) is 8.24. The van der Waals surface area contributed by atoms with Crippen molar-refractivity contribution in [2.75, 3.05) is 12.3 Å². The van der Waals surface area contributed by atoms with Gasteiger partial charge in [0.1, 0.15) is 17.6 Å². The third-order valence-electron chi connectivity index (χ3n) is 2.30. The van der Waals surface area contributed by atoms with E-state index in [1.165, 1.54) is 0 Å². The Hall–Kier alpha value is -1.89. The molecule has 2 rings (SSSR count). The summed E-state index contributed by atoms with van der Waals surface area (Å²) in [5.41, 5.74) is 6.10. The Morgan fingerprint density at radius 3 is 2.94 bits per heavy atom. The van der Waals surface area contributed by atoms with Gasteiger partial charge in [0.15, 0.2) is 0 Å². The SMILES string of the molecule is CCOC(CC)c1noc(-c2cc(N)n[nH]2)n1. The molecule has 0 bridgehead atoms. The number of nitrogens with zero attached hydrogens (tertiary/aromatic N) is 3. The molecule has 1 atom stereocenters. The molecule has 1 unspecified atom stereocenters. The highest BCUT2D eigenvalue weighted by molar-refractivity contribution is 5.51. The number of nitrogens with two attached hydrogens (primary N) is 1. The Morgan fingerprint density at radius 2 is 2.35 bits per heavy atom. The van der Waals surface area contributed by atoms with Gasteiger partial charge in [0.2, 0.25) is 5.82 Å². The molecule has 2 aromatic rings. The lowest BCUT2D eigenvalue weighted by Gasteiger charge is -2.09. The van der Waals surface area contributed by atoms with Crippen molar-refractivity contribution in [2.45, 2.75) is 26.4 Å². The van der Waals surface area contributed by atoms with E-state index in [0.717, 1.165) is 6.42 Å². The summed E-state index contributed by atoms with van der Waals surface area (Å²) in [7, 11) is 0. The number of nitrogens with one attached hydrogen (secondary N) is 1. The highest BCUT2D eigenvalue weighted by atomic mass is 16.5. The first-order valence-electron chi connectivity index (χ1n) is 5.51. The lowest BCUT2D eigenvalue weighted by atomic mass is 10.2. The molecule has 0 spiro atoms. The predicted molar refractivity (Wildman–Crippen MR) is 61.0 cm³/mol. The fraction of sp³-hybridized carbons (Fsp3) is 0.500. The highest BCUT2D eigenvalue weighted by Crippen LogP contribution is 2.22. The fourth-order valence-corrected chi connectivity index (χ4v) is 1.50. The minimum absolute atomic E-state index is 0.141. The van der Waals surface area contributed by atoms with Gasteiger partial charge in [-0.1, -0.05) is 12.1 Å². The summed E-state index contributed by atoms with van der Waals surface area (Å²) in [6, 6.07) is 1.64. The lowest BCUT2D eigenvalue weighted by Crippen LogP contribution is -2.04. The quantitative estimate of drug-likeness (QED) is 0.817. The van der Waals surface area contributed by atoms with E-state index in [4.69, 9.17) is 15.0 Å². The number of hydrogen-bond acceptors (Lipinski definition) is 6. The normalized spacial score (nSPS) is 12.8. The number of rotatable bonds is 5. The van der Waals surface area contributed by atoms with Gasteiger partial charge in [-0.05, 0) is 13.3 Å². The molecule has 0 amide bonds. The zero-order valence-corrected chi connectivity index (χ0v) is 9.80. The number of ether oxygens (including phenoxy) is 1. The van der Waals surface area contributed by atoms with Crippen molar-refractivity contribution in [2.24, 2.45) is 0 Å². The van der Waals surface area contributed by atoms with Crippen LogP contribution in [0.2, 0.25) is 0 Å². The summed E-state index contributed by atoms with van der Waals surface area (Å²) in [4.78, 5) is 4.25. The maximum atomic E-state index is 5.50. The number of anilines is 1. The number of H-pyrrole nitrogens is 1. The second-order valence-corrected chi connectivity index (χ2v) is 3.52. The standard InChI is InChI=1S/C10H15N5O2/c1-3-7(16-4-2)9-12-10(17-15-9)6-5-8(11)14-13-6/h5,7H,3-4H2,1-2H3,(H3,11,13,14). The smallest absolute Gasteiger partial charge is 0.276 e. The summed E-state index contributed by atoms with van der Waals surface area (Å²) in [5, 5.41) is 10.4. The number of nitrogen functional groups attached to an aromatic ring is 1. The largest absolute Gasteiger partial charge is 0.382 e. The van der Waals surface area contributed by atoms with Crippen molar-refractivity contribution in [1.82, 2.24) is 20.3 Å². The minimum atomic E-state index is -0.141. The van der Waals surface area contributed by atoms with E-state index in [0.29, 0.717) is 29.8 Å². The van der Waals surface area contributed by atoms with Gasteiger partial charge in [0.25, 0.3) is 5.89 Å². The highest BCUT2D eigenvalue weighted by Gasteiger charge is 2.18. The van der Waals surface area contributed by atoms with Crippen molar-refractivity contribution in [3.63, 3.8) is 0 Å². The zero-order chi connectivity index (χ0) is 12.3. The molecule has 0 aliphatic heterocycles. The van der Waals surface area contributed by atoms with Crippen LogP contribution < -0.4 is 5.73 Å². The maximum Gasteiger partial charge on any atom is 0.276 e. The molecule has 0 fully saturated rings. The molecule has 0 saturated carbocycles. The zero-order valence-electron chi connectivity index (χ0n) is 9.80. The van der Waals surface area contributed by atoms with Gasteiger partial charge in [0.05, 0.1) is 0 Å². The van der Waals surface area contributed by atoms with Crippen LogP contribution in [-0.4, -0.2) is 26.9 Å². The summed E-state index contributed by atoms with van der Waals surface area (Å²) in [5.74, 6) is 1.29. The Kier molecular flexibility index (Phi) is 3.38. The molecule has 0 aliphatic carbocycles. The maximum absolute atomic E-state index is 5.50. The van der Waals surface area contributed by atoms with Gasteiger partial charge in [0, 0.05) is 12.7 Å². The molecule has 7 nitrogen and oxygen atoms in total.